The first-order chi connectivity index (χ1) is 10.7. The van der Waals surface area contributed by atoms with Crippen molar-refractivity contribution in [3.63, 3.8) is 0 Å². The Bertz CT molecular complexity index is 729. The molecule has 2 heteroatoms. The summed E-state index contributed by atoms with van der Waals surface area (Å²) in [5, 5.41) is 0. The van der Waals surface area contributed by atoms with Crippen molar-refractivity contribution in [2.75, 3.05) is 0 Å². The minimum atomic E-state index is 0. The number of fused-ring (bicyclic) bond motifs is 2. The van der Waals surface area contributed by atoms with Crippen molar-refractivity contribution in [3.05, 3.63) is 81.9 Å². The summed E-state index contributed by atoms with van der Waals surface area (Å²) in [6, 6.07) is 13.7. The van der Waals surface area contributed by atoms with Gasteiger partial charge in [-0.05, 0) is 48.9 Å². The van der Waals surface area contributed by atoms with Crippen molar-refractivity contribution in [1.82, 2.24) is 0 Å². The van der Waals surface area contributed by atoms with Crippen LogP contribution >= 0.6 is 0 Å². The molecular formula is C22H24Li2. The van der Waals surface area contributed by atoms with Gasteiger partial charge in [0.25, 0.3) is 0 Å². The number of rotatable bonds is 3. The quantitative estimate of drug-likeness (QED) is 0.713. The Kier molecular flexibility index (Phi) is 6.48. The first-order valence-corrected chi connectivity index (χ1v) is 8.28. The second-order valence-electron chi connectivity index (χ2n) is 6.77. The average molecular weight is 302 g/mol. The molecular weight excluding hydrogens is 278 g/mol. The third kappa shape index (κ3) is 3.69. The Morgan fingerprint density at radius 1 is 0.708 bits per heavy atom. The van der Waals surface area contributed by atoms with Crippen LogP contribution in [0.2, 0.25) is 0 Å². The first-order valence-electron chi connectivity index (χ1n) is 8.28. The van der Waals surface area contributed by atoms with Crippen molar-refractivity contribution in [2.45, 2.75) is 38.5 Å². The van der Waals surface area contributed by atoms with E-state index in [1.807, 2.05) is 0 Å². The Morgan fingerprint density at radius 2 is 1.12 bits per heavy atom. The van der Waals surface area contributed by atoms with Gasteiger partial charge < -0.3 is 2.85 Å². The maximum Gasteiger partial charge on any atom is 1.00 e. The van der Waals surface area contributed by atoms with E-state index in [2.05, 4.69) is 74.5 Å². The van der Waals surface area contributed by atoms with E-state index >= 15 is 0 Å². The number of hydrogen-bond donors (Lipinski definition) is 0. The smallest absolute Gasteiger partial charge is 1.00 e. The summed E-state index contributed by atoms with van der Waals surface area (Å²) in [6.07, 6.45) is 11.8. The second-order valence-corrected chi connectivity index (χ2v) is 6.77. The molecule has 0 saturated heterocycles. The Morgan fingerprint density at radius 3 is 1.54 bits per heavy atom. The normalized spacial score (nSPS) is 19.4. The fourth-order valence-corrected chi connectivity index (χ4v) is 3.84. The maximum absolute atomic E-state index is 2.39. The molecule has 2 atom stereocenters. The minimum Gasteiger partial charge on any atom is -1.00 e. The second kappa shape index (κ2) is 8.00. The topological polar surface area (TPSA) is 0 Å². The average Bonchev–Trinajstić information content (AvgIpc) is 3.08. The van der Waals surface area contributed by atoms with E-state index in [1.165, 1.54) is 46.2 Å². The zero-order valence-corrected chi connectivity index (χ0v) is 15.3. The van der Waals surface area contributed by atoms with Crippen LogP contribution in [0.25, 0.3) is 12.2 Å². The predicted molar refractivity (Wildman–Crippen MR) is 97.4 cm³/mol. The van der Waals surface area contributed by atoms with Crippen LogP contribution in [0.4, 0.5) is 0 Å². The van der Waals surface area contributed by atoms with E-state index in [9.17, 15) is 0 Å². The zero-order valence-electron chi connectivity index (χ0n) is 17.3. The van der Waals surface area contributed by atoms with Crippen molar-refractivity contribution in [2.24, 2.45) is 0 Å². The molecule has 2 aromatic rings. The third-order valence-corrected chi connectivity index (χ3v) is 5.09. The van der Waals surface area contributed by atoms with Gasteiger partial charge in [0, 0.05) is 11.8 Å². The summed E-state index contributed by atoms with van der Waals surface area (Å²) in [7, 11) is 0. The Balaban J connectivity index is 0.00000156. The minimum absolute atomic E-state index is 0. The summed E-state index contributed by atoms with van der Waals surface area (Å²) in [5.41, 5.74) is 8.60. The molecule has 0 fully saturated rings. The van der Waals surface area contributed by atoms with Gasteiger partial charge in [-0.3, -0.25) is 0 Å². The molecule has 2 aliphatic carbocycles. The summed E-state index contributed by atoms with van der Waals surface area (Å²) >= 11 is 0. The van der Waals surface area contributed by atoms with E-state index < -0.39 is 0 Å². The molecule has 2 aliphatic rings. The van der Waals surface area contributed by atoms with Crippen LogP contribution < -0.4 is 37.7 Å². The van der Waals surface area contributed by atoms with Crippen LogP contribution in [0.1, 0.15) is 60.9 Å². The maximum atomic E-state index is 2.39. The van der Waals surface area contributed by atoms with Gasteiger partial charge in [-0.1, -0.05) is 71.8 Å². The molecule has 2 aromatic carbocycles. The molecule has 24 heavy (non-hydrogen) atoms. The van der Waals surface area contributed by atoms with E-state index in [-0.39, 0.29) is 40.6 Å². The molecule has 0 nitrogen and oxygen atoms in total. The number of benzene rings is 2. The van der Waals surface area contributed by atoms with Crippen molar-refractivity contribution in [1.29, 1.82) is 0 Å². The van der Waals surface area contributed by atoms with Gasteiger partial charge in [-0.15, -0.1) is 0 Å². The molecule has 2 unspecified atom stereocenters. The molecule has 0 heterocycles. The van der Waals surface area contributed by atoms with Gasteiger partial charge >= 0.3 is 37.7 Å². The molecule has 0 N–H and O–H groups in total. The summed E-state index contributed by atoms with van der Waals surface area (Å²) in [4.78, 5) is 0. The van der Waals surface area contributed by atoms with Crippen LogP contribution in [0, 0.1) is 13.8 Å². The molecule has 0 spiro atoms. The van der Waals surface area contributed by atoms with Crippen molar-refractivity contribution < 1.29 is 40.6 Å². The zero-order chi connectivity index (χ0) is 15.1. The van der Waals surface area contributed by atoms with Crippen LogP contribution in [0.3, 0.4) is 0 Å². The van der Waals surface area contributed by atoms with Gasteiger partial charge in [0.05, 0.1) is 0 Å². The fourth-order valence-electron chi connectivity index (χ4n) is 3.84. The van der Waals surface area contributed by atoms with Crippen LogP contribution in [0.5, 0.6) is 0 Å². The predicted octanol–water partition coefficient (Wildman–Crippen LogP) is 0.238. The van der Waals surface area contributed by atoms with E-state index in [0.717, 1.165) is 0 Å². The fraction of sp³-hybridized carbons (Fsp3) is 0.273. The summed E-state index contributed by atoms with van der Waals surface area (Å²) in [5.74, 6) is 1.19. The molecule has 0 radical (unpaired) electrons. The van der Waals surface area contributed by atoms with Gasteiger partial charge in [-0.25, -0.2) is 0 Å². The molecule has 114 valence electrons. The largest absolute Gasteiger partial charge is 1.00 e. The van der Waals surface area contributed by atoms with E-state index in [0.29, 0.717) is 11.8 Å². The van der Waals surface area contributed by atoms with Gasteiger partial charge in [0.2, 0.25) is 0 Å². The SMILES string of the molecule is Cc1ccc2c(c1)C(CCC1C=Cc3ccc(C)cc31)C=C2.[H-].[H-].[Li+].[Li+]. The molecule has 0 aliphatic heterocycles. The monoisotopic (exact) mass is 302 g/mol. The van der Waals surface area contributed by atoms with Crippen molar-refractivity contribution >= 4 is 12.2 Å². The number of aryl methyl sites for hydroxylation is 2. The first kappa shape index (κ1) is 19.4. The van der Waals surface area contributed by atoms with Crippen LogP contribution in [-0.2, 0) is 0 Å². The molecule has 0 aromatic heterocycles. The Hall–Kier alpha value is -0.885. The number of allylic oxidation sites excluding steroid dienone is 2. The number of hydrogen-bond acceptors (Lipinski definition) is 0. The van der Waals surface area contributed by atoms with Crippen LogP contribution in [0.15, 0.2) is 48.6 Å². The van der Waals surface area contributed by atoms with Crippen molar-refractivity contribution in [3.8, 4) is 0 Å². The van der Waals surface area contributed by atoms with Gasteiger partial charge in [-0.2, -0.15) is 0 Å². The van der Waals surface area contributed by atoms with E-state index in [4.69, 9.17) is 0 Å². The summed E-state index contributed by atoms with van der Waals surface area (Å²) in [6.45, 7) is 4.38. The molecule has 0 saturated carbocycles. The molecule has 0 amide bonds. The molecule has 4 rings (SSSR count). The Labute approximate surface area is 172 Å². The standard InChI is InChI=1S/C22H22.2Li.2H/c1-15-3-5-17-7-9-19(21(17)13-15)11-12-20-10-8-18-6-4-16(2)14-22(18)20;;;;/h3-10,13-14,19-20H,11-12H2,1-2H3;;;;/q;2*+1;2*-1. The van der Waals surface area contributed by atoms with Gasteiger partial charge in [0.15, 0.2) is 0 Å². The van der Waals surface area contributed by atoms with Gasteiger partial charge in [0.1, 0.15) is 0 Å². The van der Waals surface area contributed by atoms with Crippen LogP contribution in [-0.4, -0.2) is 0 Å². The summed E-state index contributed by atoms with van der Waals surface area (Å²) < 4.78 is 0. The third-order valence-electron chi connectivity index (χ3n) is 5.09. The van der Waals surface area contributed by atoms with E-state index in [1.54, 1.807) is 0 Å². The molecule has 0 bridgehead atoms.